The van der Waals surface area contributed by atoms with Crippen molar-refractivity contribution in [2.45, 2.75) is 0 Å². The Balaban J connectivity index is 2.80. The van der Waals surface area contributed by atoms with E-state index in [9.17, 15) is 80.9 Å². The second-order valence-corrected chi connectivity index (χ2v) is 8.05. The molecule has 0 aromatic heterocycles. The van der Waals surface area contributed by atoms with Crippen LogP contribution in [0.2, 0.25) is 0 Å². The Kier molecular flexibility index (Phi) is 7.60. The lowest BCUT2D eigenvalue weighted by Crippen LogP contribution is -2.08. The van der Waals surface area contributed by atoms with E-state index in [0.717, 1.165) is 0 Å². The highest BCUT2D eigenvalue weighted by Crippen LogP contribution is 2.54. The smallest absolute Gasteiger partial charge is 0.314 e. The predicted octanol–water partition coefficient (Wildman–Crippen LogP) is 3.45. The minimum atomic E-state index is -1.69. The molecule has 0 bridgehead atoms. The molecular formula is C18H8N10O16. The van der Waals surface area contributed by atoms with Gasteiger partial charge in [0, 0.05) is 0 Å². The van der Waals surface area contributed by atoms with E-state index in [1.807, 2.05) is 0 Å². The maximum absolute atomic E-state index is 12.0. The summed E-state index contributed by atoms with van der Waals surface area (Å²) < 4.78 is 0. The Morgan fingerprint density at radius 3 is 0.841 bits per heavy atom. The van der Waals surface area contributed by atoms with E-state index in [-0.39, 0.29) is 24.3 Å². The summed E-state index contributed by atoms with van der Waals surface area (Å²) in [6.07, 6.45) is 0. The lowest BCUT2D eigenvalue weighted by Gasteiger charge is -2.12. The molecule has 4 N–H and O–H groups in total. The van der Waals surface area contributed by atoms with Crippen molar-refractivity contribution in [3.05, 3.63) is 105 Å². The van der Waals surface area contributed by atoms with Crippen molar-refractivity contribution in [3.63, 3.8) is 0 Å². The molecule has 0 unspecified atom stereocenters. The molecule has 0 aliphatic heterocycles. The summed E-state index contributed by atoms with van der Waals surface area (Å²) in [4.78, 5) is 82.7. The molecule has 44 heavy (non-hydrogen) atoms. The monoisotopic (exact) mass is 620 g/mol. The minimum absolute atomic E-state index is 0.0270. The van der Waals surface area contributed by atoms with Crippen molar-refractivity contribution in [1.82, 2.24) is 0 Å². The van der Waals surface area contributed by atoms with Crippen LogP contribution in [0.3, 0.4) is 0 Å². The SMILES string of the molecule is Nc1c([N+](=O)[O-])cc([N+](=O)[O-])c(-c2cc(-c3c([N+](=O)[O-])cc([N+](=O)[O-])c(N)c3[N+](=O)[O-])c([N+](=O)[O-])cc2[N+](=O)[O-])c1[N+](=O)[O-]. The summed E-state index contributed by atoms with van der Waals surface area (Å²) in [6.45, 7) is 0. The summed E-state index contributed by atoms with van der Waals surface area (Å²) in [5.74, 6) is 0. The van der Waals surface area contributed by atoms with Crippen LogP contribution in [0.5, 0.6) is 0 Å². The first-order valence-corrected chi connectivity index (χ1v) is 10.6. The van der Waals surface area contributed by atoms with Crippen LogP contribution in [0, 0.1) is 80.9 Å². The largest absolute Gasteiger partial charge is 0.387 e. The van der Waals surface area contributed by atoms with Crippen LogP contribution in [-0.4, -0.2) is 39.4 Å². The van der Waals surface area contributed by atoms with E-state index < -0.39 is 119 Å². The average Bonchev–Trinajstić information content (AvgIpc) is 2.90. The third kappa shape index (κ3) is 4.93. The van der Waals surface area contributed by atoms with E-state index in [4.69, 9.17) is 11.5 Å². The van der Waals surface area contributed by atoms with Crippen molar-refractivity contribution < 1.29 is 39.4 Å². The van der Waals surface area contributed by atoms with E-state index in [0.29, 0.717) is 0 Å². The van der Waals surface area contributed by atoms with Crippen LogP contribution in [0.15, 0.2) is 24.3 Å². The molecule has 0 saturated carbocycles. The number of nitrogens with zero attached hydrogens (tertiary/aromatic N) is 8. The van der Waals surface area contributed by atoms with Gasteiger partial charge in [0.05, 0.1) is 68.7 Å². The number of nitro benzene ring substituents is 8. The van der Waals surface area contributed by atoms with Crippen LogP contribution < -0.4 is 11.5 Å². The number of nitrogens with two attached hydrogens (primary N) is 2. The van der Waals surface area contributed by atoms with Gasteiger partial charge in [0.25, 0.3) is 22.7 Å². The predicted molar refractivity (Wildman–Crippen MR) is 139 cm³/mol. The molecule has 0 aliphatic rings. The highest BCUT2D eigenvalue weighted by Gasteiger charge is 2.43. The molecular weight excluding hydrogens is 612 g/mol. The lowest BCUT2D eigenvalue weighted by atomic mass is 9.91. The number of nitro groups is 8. The van der Waals surface area contributed by atoms with Gasteiger partial charge in [0.1, 0.15) is 11.1 Å². The number of benzene rings is 3. The van der Waals surface area contributed by atoms with Crippen molar-refractivity contribution in [3.8, 4) is 22.3 Å². The zero-order valence-electron chi connectivity index (χ0n) is 20.6. The molecule has 3 aromatic carbocycles. The summed E-state index contributed by atoms with van der Waals surface area (Å²) in [6, 6.07) is 0.215. The maximum atomic E-state index is 12.0. The van der Waals surface area contributed by atoms with Crippen molar-refractivity contribution >= 4 is 56.9 Å². The van der Waals surface area contributed by atoms with Crippen LogP contribution in [0.1, 0.15) is 0 Å². The molecule has 0 fully saturated rings. The first kappa shape index (κ1) is 31.0. The van der Waals surface area contributed by atoms with Crippen LogP contribution in [-0.2, 0) is 0 Å². The minimum Gasteiger partial charge on any atom is -0.387 e. The Morgan fingerprint density at radius 1 is 0.364 bits per heavy atom. The second kappa shape index (κ2) is 10.8. The molecule has 0 heterocycles. The maximum Gasteiger partial charge on any atom is 0.314 e. The van der Waals surface area contributed by atoms with Crippen molar-refractivity contribution in [2.75, 3.05) is 11.5 Å². The van der Waals surface area contributed by atoms with Gasteiger partial charge in [-0.25, -0.2) is 0 Å². The highest BCUT2D eigenvalue weighted by molar-refractivity contribution is 6.01. The topological polar surface area (TPSA) is 397 Å². The Morgan fingerprint density at radius 2 is 0.614 bits per heavy atom. The fourth-order valence-electron chi connectivity index (χ4n) is 4.09. The lowest BCUT2D eigenvalue weighted by molar-refractivity contribution is -0.401. The Labute approximate surface area is 235 Å². The van der Waals surface area contributed by atoms with Gasteiger partial charge in [0.2, 0.25) is 0 Å². The summed E-state index contributed by atoms with van der Waals surface area (Å²) in [7, 11) is 0. The highest BCUT2D eigenvalue weighted by atomic mass is 16.7. The van der Waals surface area contributed by atoms with Crippen molar-refractivity contribution in [1.29, 1.82) is 0 Å². The summed E-state index contributed by atoms with van der Waals surface area (Å²) >= 11 is 0. The van der Waals surface area contributed by atoms with Gasteiger partial charge in [0.15, 0.2) is 11.4 Å². The number of anilines is 2. The molecule has 0 radical (unpaired) electrons. The van der Waals surface area contributed by atoms with Gasteiger partial charge >= 0.3 is 22.7 Å². The fraction of sp³-hybridized carbons (Fsp3) is 0. The van der Waals surface area contributed by atoms with Crippen LogP contribution in [0.25, 0.3) is 22.3 Å². The van der Waals surface area contributed by atoms with E-state index in [1.165, 1.54) is 0 Å². The molecule has 0 amide bonds. The van der Waals surface area contributed by atoms with E-state index in [1.54, 1.807) is 0 Å². The van der Waals surface area contributed by atoms with E-state index in [2.05, 4.69) is 0 Å². The average molecular weight is 620 g/mol. The van der Waals surface area contributed by atoms with Crippen molar-refractivity contribution in [2.24, 2.45) is 0 Å². The second-order valence-electron chi connectivity index (χ2n) is 8.05. The molecule has 26 nitrogen and oxygen atoms in total. The van der Waals surface area contributed by atoms with Gasteiger partial charge in [-0.3, -0.25) is 80.9 Å². The zero-order valence-corrected chi connectivity index (χ0v) is 20.6. The summed E-state index contributed by atoms with van der Waals surface area (Å²) in [5, 5.41) is 94.3. The van der Waals surface area contributed by atoms with Gasteiger partial charge in [-0.2, -0.15) is 0 Å². The van der Waals surface area contributed by atoms with Gasteiger partial charge in [-0.15, -0.1) is 0 Å². The first-order chi connectivity index (χ1) is 20.3. The van der Waals surface area contributed by atoms with E-state index >= 15 is 0 Å². The number of nitrogen functional groups attached to an aromatic ring is 2. The zero-order chi connectivity index (χ0) is 33.5. The Bertz CT molecular complexity index is 1790. The molecule has 0 saturated heterocycles. The molecule has 0 spiro atoms. The van der Waals surface area contributed by atoms with Gasteiger partial charge in [-0.05, 0) is 6.07 Å². The normalized spacial score (nSPS) is 10.5. The number of rotatable bonds is 10. The van der Waals surface area contributed by atoms with Crippen LogP contribution >= 0.6 is 0 Å². The third-order valence-corrected chi connectivity index (χ3v) is 5.79. The fourth-order valence-corrected chi connectivity index (χ4v) is 4.09. The standard InChI is InChI=1S/C18H8N10O16/c19-15-11(25(37)38)3-9(23(33)34)13(17(15)27(41)42)5-1-6(8(22(31)32)2-7(5)21(29)30)14-10(24(35)36)4-12(26(39)40)16(20)18(14)28(43)44/h1-4H,19-20H2. The van der Waals surface area contributed by atoms with Gasteiger partial charge in [-0.1, -0.05) is 0 Å². The quantitative estimate of drug-likeness (QED) is 0.186. The summed E-state index contributed by atoms with van der Waals surface area (Å²) in [5.41, 5.74) is -9.88. The van der Waals surface area contributed by atoms with Gasteiger partial charge < -0.3 is 11.5 Å². The molecule has 0 atom stereocenters. The first-order valence-electron chi connectivity index (χ1n) is 10.6. The number of hydrogen-bond acceptors (Lipinski definition) is 18. The third-order valence-electron chi connectivity index (χ3n) is 5.79. The molecule has 0 aliphatic carbocycles. The van der Waals surface area contributed by atoms with Crippen LogP contribution in [0.4, 0.5) is 56.9 Å². The molecule has 3 rings (SSSR count). The Hall–Kier alpha value is -7.54. The molecule has 3 aromatic rings. The number of hydrogen-bond donors (Lipinski definition) is 2. The molecule has 26 heteroatoms. The molecule has 226 valence electrons.